The largest absolute Gasteiger partial charge is 0.488 e. The summed E-state index contributed by atoms with van der Waals surface area (Å²) in [5.41, 5.74) is 1.65. The summed E-state index contributed by atoms with van der Waals surface area (Å²) in [4.78, 5) is 2.27. The van der Waals surface area contributed by atoms with Crippen molar-refractivity contribution in [3.05, 3.63) is 29.8 Å². The molecule has 1 aromatic rings. The van der Waals surface area contributed by atoms with Gasteiger partial charge in [0.25, 0.3) is 0 Å². The Balaban J connectivity index is 2.71. The quantitative estimate of drug-likeness (QED) is 0.743. The number of benzene rings is 1. The average Bonchev–Trinajstić information content (AvgIpc) is 2.28. The van der Waals surface area contributed by atoms with Crippen LogP contribution in [0.2, 0.25) is 0 Å². The van der Waals surface area contributed by atoms with E-state index in [-0.39, 0.29) is 0 Å². The third-order valence-corrected chi connectivity index (χ3v) is 3.34. The van der Waals surface area contributed by atoms with E-state index < -0.39 is 7.12 Å². The molecular weight excluding hydrogens is 213 g/mol. The van der Waals surface area contributed by atoms with Crippen LogP contribution in [0, 0.1) is 5.92 Å². The Labute approximate surface area is 104 Å². The highest BCUT2D eigenvalue weighted by molar-refractivity contribution is 6.58. The van der Waals surface area contributed by atoms with Crippen molar-refractivity contribution in [2.24, 2.45) is 5.92 Å². The topological polar surface area (TPSA) is 43.7 Å². The van der Waals surface area contributed by atoms with Crippen molar-refractivity contribution in [2.45, 2.75) is 33.4 Å². The van der Waals surface area contributed by atoms with Crippen LogP contribution in [0.5, 0.6) is 0 Å². The zero-order chi connectivity index (χ0) is 13.0. The third kappa shape index (κ3) is 4.15. The van der Waals surface area contributed by atoms with E-state index in [1.54, 1.807) is 6.07 Å². The minimum atomic E-state index is -1.39. The number of hydrogen-bond donors (Lipinski definition) is 2. The van der Waals surface area contributed by atoms with E-state index >= 15 is 0 Å². The smallest absolute Gasteiger partial charge is 0.423 e. The van der Waals surface area contributed by atoms with Crippen molar-refractivity contribution in [1.29, 1.82) is 0 Å². The predicted molar refractivity (Wildman–Crippen MR) is 72.0 cm³/mol. The summed E-state index contributed by atoms with van der Waals surface area (Å²) in [5.74, 6) is 0.603. The van der Waals surface area contributed by atoms with E-state index in [4.69, 9.17) is 10.0 Å². The van der Waals surface area contributed by atoms with Gasteiger partial charge in [-0.3, -0.25) is 4.90 Å². The van der Waals surface area contributed by atoms with Gasteiger partial charge in [0.1, 0.15) is 0 Å². The molecule has 0 aliphatic carbocycles. The molecule has 1 unspecified atom stereocenters. The normalized spacial score (nSPS) is 13.2. The molecule has 17 heavy (non-hydrogen) atoms. The van der Waals surface area contributed by atoms with Gasteiger partial charge >= 0.3 is 7.12 Å². The number of rotatable bonds is 5. The fourth-order valence-electron chi connectivity index (χ4n) is 1.79. The lowest BCUT2D eigenvalue weighted by Gasteiger charge is -2.28. The van der Waals surface area contributed by atoms with Gasteiger partial charge in [-0.1, -0.05) is 38.1 Å². The van der Waals surface area contributed by atoms with Crippen molar-refractivity contribution >= 4 is 12.6 Å². The van der Waals surface area contributed by atoms with Crippen LogP contribution in [0.3, 0.4) is 0 Å². The maximum Gasteiger partial charge on any atom is 0.488 e. The molecule has 94 valence electrons. The van der Waals surface area contributed by atoms with Crippen LogP contribution < -0.4 is 5.46 Å². The highest BCUT2D eigenvalue weighted by Crippen LogP contribution is 2.11. The lowest BCUT2D eigenvalue weighted by molar-refractivity contribution is 0.200. The standard InChI is InChI=1S/C13H22BNO2/c1-10(2)11(3)15(4)9-12-6-5-7-13(8-12)14(16)17/h5-8,10-11,16-17H,9H2,1-4H3. The molecule has 1 atom stereocenters. The van der Waals surface area contributed by atoms with E-state index in [9.17, 15) is 0 Å². The van der Waals surface area contributed by atoms with Gasteiger partial charge in [-0.2, -0.15) is 0 Å². The van der Waals surface area contributed by atoms with Crippen LogP contribution in [-0.2, 0) is 6.54 Å². The van der Waals surface area contributed by atoms with Gasteiger partial charge < -0.3 is 10.0 Å². The zero-order valence-corrected chi connectivity index (χ0v) is 11.1. The number of nitrogens with zero attached hydrogens (tertiary/aromatic N) is 1. The molecule has 0 aliphatic heterocycles. The number of hydrogen-bond acceptors (Lipinski definition) is 3. The van der Waals surface area contributed by atoms with E-state index in [1.807, 2.05) is 18.2 Å². The zero-order valence-electron chi connectivity index (χ0n) is 11.1. The van der Waals surface area contributed by atoms with E-state index in [1.165, 1.54) is 0 Å². The molecule has 0 fully saturated rings. The molecule has 0 saturated heterocycles. The fraction of sp³-hybridized carbons (Fsp3) is 0.538. The Morgan fingerprint density at radius 3 is 2.41 bits per heavy atom. The van der Waals surface area contributed by atoms with Crippen molar-refractivity contribution < 1.29 is 10.0 Å². The summed E-state index contributed by atoms with van der Waals surface area (Å²) in [6.07, 6.45) is 0. The summed E-state index contributed by atoms with van der Waals surface area (Å²) in [7, 11) is 0.704. The highest BCUT2D eigenvalue weighted by atomic mass is 16.4. The maximum absolute atomic E-state index is 9.12. The summed E-state index contributed by atoms with van der Waals surface area (Å²) in [6, 6.07) is 7.93. The van der Waals surface area contributed by atoms with Crippen molar-refractivity contribution in [3.63, 3.8) is 0 Å². The molecular formula is C13H22BNO2. The summed E-state index contributed by atoms with van der Waals surface area (Å²) < 4.78 is 0. The van der Waals surface area contributed by atoms with Gasteiger partial charge in [-0.15, -0.1) is 0 Å². The molecule has 0 radical (unpaired) electrons. The molecule has 0 heterocycles. The Hall–Kier alpha value is -0.835. The average molecular weight is 235 g/mol. The van der Waals surface area contributed by atoms with Crippen LogP contribution in [-0.4, -0.2) is 35.2 Å². The lowest BCUT2D eigenvalue weighted by Crippen LogP contribution is -2.34. The second-order valence-corrected chi connectivity index (χ2v) is 5.02. The molecule has 0 bridgehead atoms. The van der Waals surface area contributed by atoms with Gasteiger partial charge in [0, 0.05) is 12.6 Å². The first-order valence-corrected chi connectivity index (χ1v) is 6.07. The van der Waals surface area contributed by atoms with Crippen LogP contribution in [0.1, 0.15) is 26.3 Å². The fourth-order valence-corrected chi connectivity index (χ4v) is 1.79. The van der Waals surface area contributed by atoms with Crippen LogP contribution in [0.4, 0.5) is 0 Å². The molecule has 2 N–H and O–H groups in total. The molecule has 3 nitrogen and oxygen atoms in total. The second-order valence-electron chi connectivity index (χ2n) is 5.02. The highest BCUT2D eigenvalue weighted by Gasteiger charge is 2.15. The van der Waals surface area contributed by atoms with Crippen LogP contribution >= 0.6 is 0 Å². The molecule has 1 rings (SSSR count). The Kier molecular flexibility index (Phi) is 5.18. The molecule has 0 aromatic heterocycles. The van der Waals surface area contributed by atoms with Crippen molar-refractivity contribution in [3.8, 4) is 0 Å². The van der Waals surface area contributed by atoms with Gasteiger partial charge in [0.2, 0.25) is 0 Å². The van der Waals surface area contributed by atoms with Crippen LogP contribution in [0.25, 0.3) is 0 Å². The minimum Gasteiger partial charge on any atom is -0.423 e. The van der Waals surface area contributed by atoms with E-state index in [2.05, 4.69) is 32.7 Å². The van der Waals surface area contributed by atoms with Gasteiger partial charge in [0.05, 0.1) is 0 Å². The summed E-state index contributed by atoms with van der Waals surface area (Å²) in [5, 5.41) is 18.2. The molecule has 4 heteroatoms. The summed E-state index contributed by atoms with van der Waals surface area (Å²) >= 11 is 0. The van der Waals surface area contributed by atoms with E-state index in [0.717, 1.165) is 12.1 Å². The molecule has 0 amide bonds. The maximum atomic E-state index is 9.12. The first-order chi connectivity index (χ1) is 7.91. The van der Waals surface area contributed by atoms with Gasteiger partial charge in [-0.05, 0) is 30.9 Å². The van der Waals surface area contributed by atoms with Crippen molar-refractivity contribution in [2.75, 3.05) is 7.05 Å². The Morgan fingerprint density at radius 1 is 1.24 bits per heavy atom. The molecule has 0 saturated carbocycles. The third-order valence-electron chi connectivity index (χ3n) is 3.34. The first kappa shape index (κ1) is 14.2. The summed E-state index contributed by atoms with van der Waals surface area (Å²) in [6.45, 7) is 7.43. The van der Waals surface area contributed by atoms with Gasteiger partial charge in [-0.25, -0.2) is 0 Å². The monoisotopic (exact) mass is 235 g/mol. The van der Waals surface area contributed by atoms with Gasteiger partial charge in [0.15, 0.2) is 0 Å². The van der Waals surface area contributed by atoms with Crippen LogP contribution in [0.15, 0.2) is 24.3 Å². The Morgan fingerprint density at radius 2 is 1.88 bits per heavy atom. The minimum absolute atomic E-state index is 0.498. The molecule has 1 aromatic carbocycles. The lowest BCUT2D eigenvalue weighted by atomic mass is 9.79. The molecule has 0 spiro atoms. The predicted octanol–water partition coefficient (Wildman–Crippen LogP) is 0.843. The van der Waals surface area contributed by atoms with Crippen molar-refractivity contribution in [1.82, 2.24) is 4.90 Å². The Bertz CT molecular complexity index is 355. The van der Waals surface area contributed by atoms with E-state index in [0.29, 0.717) is 17.4 Å². The SMILES string of the molecule is CC(C)C(C)N(C)Cc1cccc(B(O)O)c1. The molecule has 0 aliphatic rings. The first-order valence-electron chi connectivity index (χ1n) is 6.07. The second kappa shape index (κ2) is 6.19.